The molecule has 1 saturated carbocycles. The van der Waals surface area contributed by atoms with Crippen molar-refractivity contribution in [2.45, 2.75) is 18.2 Å². The van der Waals surface area contributed by atoms with E-state index < -0.39 is 10.0 Å². The Morgan fingerprint density at radius 2 is 1.68 bits per heavy atom. The van der Waals surface area contributed by atoms with Crippen LogP contribution in [0.5, 0.6) is 0 Å². The summed E-state index contributed by atoms with van der Waals surface area (Å²) in [5, 5.41) is 0. The van der Waals surface area contributed by atoms with E-state index in [4.69, 9.17) is 0 Å². The molecular weight excluding hydrogens is 368 g/mol. The molecule has 2 unspecified atom stereocenters. The molecule has 1 aliphatic carbocycles. The second-order valence-electron chi connectivity index (χ2n) is 6.00. The van der Waals surface area contributed by atoms with E-state index in [-0.39, 0.29) is 11.8 Å². The maximum absolute atomic E-state index is 12.6. The van der Waals surface area contributed by atoms with Gasteiger partial charge in [-0.1, -0.05) is 22.9 Å². The predicted octanol–water partition coefficient (Wildman–Crippen LogP) is 1.94. The van der Waals surface area contributed by atoms with Crippen molar-refractivity contribution in [3.63, 3.8) is 0 Å². The number of carbonyl (C=O) groups excluding carboxylic acids is 1. The van der Waals surface area contributed by atoms with Gasteiger partial charge in [0.2, 0.25) is 15.9 Å². The van der Waals surface area contributed by atoms with Gasteiger partial charge in [-0.05, 0) is 36.6 Å². The highest BCUT2D eigenvalue weighted by Crippen LogP contribution is 2.39. The summed E-state index contributed by atoms with van der Waals surface area (Å²) >= 11 is 3.30. The van der Waals surface area contributed by atoms with Crippen LogP contribution in [0.3, 0.4) is 0 Å². The molecule has 0 radical (unpaired) electrons. The molecule has 1 aliphatic heterocycles. The number of benzene rings is 1. The minimum absolute atomic E-state index is 0.162. The fraction of sp³-hybridized carbons (Fsp3) is 0.533. The highest BCUT2D eigenvalue weighted by molar-refractivity contribution is 9.10. The lowest BCUT2D eigenvalue weighted by molar-refractivity contribution is -0.134. The number of amides is 1. The maximum Gasteiger partial charge on any atom is 0.243 e. The van der Waals surface area contributed by atoms with Crippen LogP contribution in [0.25, 0.3) is 0 Å². The molecule has 22 heavy (non-hydrogen) atoms. The van der Waals surface area contributed by atoms with Crippen molar-refractivity contribution in [1.82, 2.24) is 9.21 Å². The third kappa shape index (κ3) is 3.07. The van der Waals surface area contributed by atoms with Crippen LogP contribution in [-0.4, -0.2) is 49.7 Å². The molecule has 0 aromatic heterocycles. The predicted molar refractivity (Wildman–Crippen MR) is 86.8 cm³/mol. The Morgan fingerprint density at radius 1 is 1.14 bits per heavy atom. The number of sulfonamides is 1. The first-order valence-corrected chi connectivity index (χ1v) is 9.67. The van der Waals surface area contributed by atoms with Crippen LogP contribution in [-0.2, 0) is 14.8 Å². The van der Waals surface area contributed by atoms with Gasteiger partial charge < -0.3 is 4.90 Å². The summed E-state index contributed by atoms with van der Waals surface area (Å²) in [7, 11) is -3.47. The lowest BCUT2D eigenvalue weighted by atomic mass is 10.2. The second-order valence-corrected chi connectivity index (χ2v) is 8.86. The minimum atomic E-state index is -3.47. The van der Waals surface area contributed by atoms with Gasteiger partial charge in [-0.15, -0.1) is 0 Å². The normalized spacial score (nSPS) is 26.0. The van der Waals surface area contributed by atoms with Crippen molar-refractivity contribution in [2.24, 2.45) is 11.8 Å². The van der Waals surface area contributed by atoms with Crippen molar-refractivity contribution in [1.29, 1.82) is 0 Å². The fourth-order valence-electron chi connectivity index (χ4n) is 2.81. The van der Waals surface area contributed by atoms with E-state index in [0.29, 0.717) is 37.0 Å². The number of piperazine rings is 1. The summed E-state index contributed by atoms with van der Waals surface area (Å²) in [6.07, 6.45) is 0.968. The second kappa shape index (κ2) is 5.94. The number of hydrogen-bond acceptors (Lipinski definition) is 3. The van der Waals surface area contributed by atoms with Crippen molar-refractivity contribution < 1.29 is 13.2 Å². The van der Waals surface area contributed by atoms with Crippen LogP contribution >= 0.6 is 15.9 Å². The Labute approximate surface area is 139 Å². The van der Waals surface area contributed by atoms with Gasteiger partial charge in [0.05, 0.1) is 4.90 Å². The molecular formula is C15H19BrN2O3S. The first kappa shape index (κ1) is 16.0. The summed E-state index contributed by atoms with van der Waals surface area (Å²) in [6, 6.07) is 6.65. The molecule has 1 heterocycles. The van der Waals surface area contributed by atoms with E-state index in [1.165, 1.54) is 4.31 Å². The molecule has 120 valence electrons. The third-order valence-corrected chi connectivity index (χ3v) is 6.87. The highest BCUT2D eigenvalue weighted by Gasteiger charge is 2.42. The molecule has 2 fully saturated rings. The minimum Gasteiger partial charge on any atom is -0.340 e. The summed E-state index contributed by atoms with van der Waals surface area (Å²) in [6.45, 7) is 3.78. The molecule has 1 aromatic carbocycles. The number of nitrogens with zero attached hydrogens (tertiary/aromatic N) is 2. The first-order chi connectivity index (χ1) is 10.4. The van der Waals surface area contributed by atoms with Crippen LogP contribution in [0.15, 0.2) is 33.6 Å². The Morgan fingerprint density at radius 3 is 2.18 bits per heavy atom. The van der Waals surface area contributed by atoms with Gasteiger partial charge in [0, 0.05) is 36.6 Å². The number of halogens is 1. The lowest BCUT2D eigenvalue weighted by Crippen LogP contribution is -2.51. The molecule has 0 bridgehead atoms. The number of carbonyl (C=O) groups is 1. The van der Waals surface area contributed by atoms with Gasteiger partial charge in [-0.3, -0.25) is 4.79 Å². The summed E-state index contributed by atoms with van der Waals surface area (Å²) in [5.41, 5.74) is 0. The van der Waals surface area contributed by atoms with Gasteiger partial charge in [0.25, 0.3) is 0 Å². The molecule has 1 amide bonds. The molecule has 0 N–H and O–H groups in total. The summed E-state index contributed by atoms with van der Waals surface area (Å²) < 4.78 is 27.5. The largest absolute Gasteiger partial charge is 0.340 e. The SMILES string of the molecule is CC1CC1C(=O)N1CCN(S(=O)(=O)c2ccc(Br)cc2)CC1. The Kier molecular flexibility index (Phi) is 4.31. The monoisotopic (exact) mass is 386 g/mol. The van der Waals surface area contributed by atoms with Crippen molar-refractivity contribution in [2.75, 3.05) is 26.2 Å². The Balaban J connectivity index is 1.65. The quantitative estimate of drug-likeness (QED) is 0.797. The number of rotatable bonds is 3. The van der Waals surface area contributed by atoms with Gasteiger partial charge in [-0.2, -0.15) is 4.31 Å². The standard InChI is InChI=1S/C15H19BrN2O3S/c1-11-10-14(11)15(19)17-6-8-18(9-7-17)22(20,21)13-4-2-12(16)3-5-13/h2-5,11,14H,6-10H2,1H3. The molecule has 1 aromatic rings. The zero-order valence-electron chi connectivity index (χ0n) is 12.4. The summed E-state index contributed by atoms with van der Waals surface area (Å²) in [5.74, 6) is 0.833. The lowest BCUT2D eigenvalue weighted by Gasteiger charge is -2.34. The van der Waals surface area contributed by atoms with Gasteiger partial charge >= 0.3 is 0 Å². The van der Waals surface area contributed by atoms with E-state index in [1.807, 2.05) is 4.90 Å². The summed E-state index contributed by atoms with van der Waals surface area (Å²) in [4.78, 5) is 14.3. The van der Waals surface area contributed by atoms with Crippen LogP contribution in [0.4, 0.5) is 0 Å². The number of hydrogen-bond donors (Lipinski definition) is 0. The first-order valence-electron chi connectivity index (χ1n) is 7.44. The molecule has 0 spiro atoms. The van der Waals surface area contributed by atoms with Gasteiger partial charge in [-0.25, -0.2) is 8.42 Å². The van der Waals surface area contributed by atoms with Crippen LogP contribution in [0, 0.1) is 11.8 Å². The van der Waals surface area contributed by atoms with E-state index in [2.05, 4.69) is 22.9 Å². The Hall–Kier alpha value is -0.920. The third-order valence-electron chi connectivity index (χ3n) is 4.43. The topological polar surface area (TPSA) is 57.7 Å². The maximum atomic E-state index is 12.6. The van der Waals surface area contributed by atoms with Crippen molar-refractivity contribution in [3.8, 4) is 0 Å². The average Bonchev–Trinajstić information content (AvgIpc) is 3.24. The van der Waals surface area contributed by atoms with Crippen molar-refractivity contribution in [3.05, 3.63) is 28.7 Å². The van der Waals surface area contributed by atoms with Crippen LogP contribution in [0.2, 0.25) is 0 Å². The van der Waals surface area contributed by atoms with Crippen molar-refractivity contribution >= 4 is 31.9 Å². The Bertz CT molecular complexity index is 667. The molecule has 1 saturated heterocycles. The van der Waals surface area contributed by atoms with Gasteiger partial charge in [0.1, 0.15) is 0 Å². The average molecular weight is 387 g/mol. The van der Waals surface area contributed by atoms with Crippen LogP contribution in [0.1, 0.15) is 13.3 Å². The molecule has 7 heteroatoms. The highest BCUT2D eigenvalue weighted by atomic mass is 79.9. The molecule has 3 rings (SSSR count). The zero-order valence-corrected chi connectivity index (χ0v) is 14.8. The fourth-order valence-corrected chi connectivity index (χ4v) is 4.49. The smallest absolute Gasteiger partial charge is 0.243 e. The molecule has 2 atom stereocenters. The molecule has 2 aliphatic rings. The van der Waals surface area contributed by atoms with Crippen LogP contribution < -0.4 is 0 Å². The van der Waals surface area contributed by atoms with E-state index in [0.717, 1.165) is 10.9 Å². The van der Waals surface area contributed by atoms with Gasteiger partial charge in [0.15, 0.2) is 0 Å². The zero-order chi connectivity index (χ0) is 15.9. The molecule has 5 nitrogen and oxygen atoms in total. The van der Waals surface area contributed by atoms with E-state index in [1.54, 1.807) is 24.3 Å². The van der Waals surface area contributed by atoms with E-state index in [9.17, 15) is 13.2 Å². The van der Waals surface area contributed by atoms with E-state index >= 15 is 0 Å².